The minimum absolute atomic E-state index is 0.0487. The first-order valence-corrected chi connectivity index (χ1v) is 12.7. The zero-order valence-electron chi connectivity index (χ0n) is 18.4. The van der Waals surface area contributed by atoms with Gasteiger partial charge >= 0.3 is 0 Å². The van der Waals surface area contributed by atoms with E-state index in [9.17, 15) is 13.2 Å². The number of benzene rings is 3. The zero-order valence-corrected chi connectivity index (χ0v) is 19.2. The quantitative estimate of drug-likeness (QED) is 0.544. The molecular weight excluding hydrogens is 432 g/mol. The second-order valence-electron chi connectivity index (χ2n) is 8.24. The predicted molar refractivity (Wildman–Crippen MR) is 133 cm³/mol. The lowest BCUT2D eigenvalue weighted by Gasteiger charge is -2.29. The van der Waals surface area contributed by atoms with Crippen molar-refractivity contribution in [3.05, 3.63) is 107 Å². The second-order valence-corrected chi connectivity index (χ2v) is 10.1. The smallest absolute Gasteiger partial charge is 0.236 e. The molecule has 170 valence electrons. The van der Waals surface area contributed by atoms with Crippen molar-refractivity contribution in [3.63, 3.8) is 0 Å². The maximum atomic E-state index is 12.9. The number of carbonyl (C=O) groups excluding carboxylic acids is 1. The van der Waals surface area contributed by atoms with Crippen LogP contribution in [0.3, 0.4) is 0 Å². The fourth-order valence-corrected chi connectivity index (χ4v) is 5.26. The molecule has 1 aliphatic heterocycles. The largest absolute Gasteiger partial charge is 0.326 e. The molecule has 0 radical (unpaired) electrons. The van der Waals surface area contributed by atoms with Crippen LogP contribution in [0.1, 0.15) is 29.5 Å². The van der Waals surface area contributed by atoms with Gasteiger partial charge in [-0.2, -0.15) is 4.31 Å². The Hall–Kier alpha value is -3.22. The van der Waals surface area contributed by atoms with Crippen molar-refractivity contribution in [2.45, 2.75) is 19.3 Å². The molecule has 0 atom stereocenters. The summed E-state index contributed by atoms with van der Waals surface area (Å²) >= 11 is 0. The van der Waals surface area contributed by atoms with Gasteiger partial charge in [0.2, 0.25) is 15.9 Å². The van der Waals surface area contributed by atoms with Crippen molar-refractivity contribution in [2.24, 2.45) is 5.92 Å². The van der Waals surface area contributed by atoms with E-state index in [2.05, 4.69) is 17.4 Å². The maximum Gasteiger partial charge on any atom is 0.236 e. The molecule has 1 aliphatic rings. The number of anilines is 1. The molecule has 0 aliphatic carbocycles. The molecule has 0 saturated carbocycles. The minimum atomic E-state index is -3.51. The molecule has 1 heterocycles. The van der Waals surface area contributed by atoms with Crippen LogP contribution in [-0.2, 0) is 21.2 Å². The van der Waals surface area contributed by atoms with E-state index < -0.39 is 10.0 Å². The van der Waals surface area contributed by atoms with Crippen LogP contribution in [0, 0.1) is 5.92 Å². The molecule has 0 spiro atoms. The lowest BCUT2D eigenvalue weighted by Crippen LogP contribution is -2.40. The van der Waals surface area contributed by atoms with Crippen LogP contribution in [0.15, 0.2) is 90.3 Å². The van der Waals surface area contributed by atoms with Gasteiger partial charge in [0, 0.05) is 30.1 Å². The molecule has 6 heteroatoms. The minimum Gasteiger partial charge on any atom is -0.326 e. The Morgan fingerprint density at radius 1 is 0.879 bits per heavy atom. The highest BCUT2D eigenvalue weighted by atomic mass is 32.2. The van der Waals surface area contributed by atoms with E-state index in [1.165, 1.54) is 15.3 Å². The summed E-state index contributed by atoms with van der Waals surface area (Å²) in [6.07, 6.45) is 3.36. The Morgan fingerprint density at radius 3 is 2.18 bits per heavy atom. The molecule has 1 N–H and O–H groups in total. The van der Waals surface area contributed by atoms with Gasteiger partial charge in [-0.25, -0.2) is 8.42 Å². The van der Waals surface area contributed by atoms with Gasteiger partial charge < -0.3 is 5.32 Å². The van der Waals surface area contributed by atoms with E-state index in [-0.39, 0.29) is 11.8 Å². The first-order valence-electron chi connectivity index (χ1n) is 11.2. The maximum absolute atomic E-state index is 12.9. The average molecular weight is 461 g/mol. The monoisotopic (exact) mass is 460 g/mol. The van der Waals surface area contributed by atoms with Gasteiger partial charge in [0.25, 0.3) is 0 Å². The van der Waals surface area contributed by atoms with E-state index in [0.29, 0.717) is 25.9 Å². The standard InChI is InChI=1S/C27H28N2O3S/c30-27(28-26-14-8-7-13-25(26)21-23-11-5-2-6-12-23)24-15-18-29(19-16-24)33(31,32)20-17-22-9-3-1-4-10-22/h1-14,17,20,24H,15-16,18-19,21H2,(H,28,30)/b20-17+. The van der Waals surface area contributed by atoms with Crippen molar-refractivity contribution in [1.29, 1.82) is 0 Å². The number of rotatable bonds is 7. The Kier molecular flexibility index (Phi) is 7.37. The van der Waals surface area contributed by atoms with E-state index in [1.54, 1.807) is 6.08 Å². The third-order valence-corrected chi connectivity index (χ3v) is 7.49. The summed E-state index contributed by atoms with van der Waals surface area (Å²) in [4.78, 5) is 12.9. The summed E-state index contributed by atoms with van der Waals surface area (Å²) in [6.45, 7) is 0.677. The normalized spacial score (nSPS) is 15.5. The molecular formula is C27H28N2O3S. The summed E-state index contributed by atoms with van der Waals surface area (Å²) in [6, 6.07) is 27.3. The van der Waals surface area contributed by atoms with Crippen LogP contribution < -0.4 is 5.32 Å². The summed E-state index contributed by atoms with van der Waals surface area (Å²) in [5, 5.41) is 4.33. The highest BCUT2D eigenvalue weighted by Gasteiger charge is 2.30. The summed E-state index contributed by atoms with van der Waals surface area (Å²) in [5.74, 6) is -0.258. The number of nitrogens with zero attached hydrogens (tertiary/aromatic N) is 1. The lowest BCUT2D eigenvalue weighted by atomic mass is 9.96. The lowest BCUT2D eigenvalue weighted by molar-refractivity contribution is -0.120. The van der Waals surface area contributed by atoms with Gasteiger partial charge in [-0.15, -0.1) is 0 Å². The third-order valence-electron chi connectivity index (χ3n) is 5.93. The molecule has 1 amide bonds. The Labute approximate surface area is 195 Å². The van der Waals surface area contributed by atoms with Crippen LogP contribution in [0.2, 0.25) is 0 Å². The number of hydrogen-bond donors (Lipinski definition) is 1. The number of piperidine rings is 1. The molecule has 0 unspecified atom stereocenters. The number of hydrogen-bond acceptors (Lipinski definition) is 3. The average Bonchev–Trinajstić information content (AvgIpc) is 2.85. The SMILES string of the molecule is O=C(Nc1ccccc1Cc1ccccc1)C1CCN(S(=O)(=O)/C=C/c2ccccc2)CC1. The molecule has 0 aromatic heterocycles. The molecule has 3 aromatic carbocycles. The zero-order chi connectivity index (χ0) is 23.1. The van der Waals surface area contributed by atoms with Crippen molar-refractivity contribution >= 4 is 27.7 Å². The van der Waals surface area contributed by atoms with Gasteiger partial charge in [0.15, 0.2) is 0 Å². The summed E-state index contributed by atoms with van der Waals surface area (Å²) in [7, 11) is -3.51. The van der Waals surface area contributed by atoms with Gasteiger partial charge in [-0.05, 0) is 48.1 Å². The van der Waals surface area contributed by atoms with Crippen molar-refractivity contribution < 1.29 is 13.2 Å². The van der Waals surface area contributed by atoms with Crippen LogP contribution >= 0.6 is 0 Å². The third kappa shape index (κ3) is 6.18. The fraction of sp³-hybridized carbons (Fsp3) is 0.222. The Balaban J connectivity index is 1.35. The molecule has 0 bridgehead atoms. The van der Waals surface area contributed by atoms with Crippen LogP contribution in [0.5, 0.6) is 0 Å². The number of amides is 1. The number of carbonyl (C=O) groups is 1. The van der Waals surface area contributed by atoms with Gasteiger partial charge in [-0.3, -0.25) is 4.79 Å². The first-order chi connectivity index (χ1) is 16.0. The number of para-hydroxylation sites is 1. The predicted octanol–water partition coefficient (Wildman–Crippen LogP) is 4.93. The molecule has 1 fully saturated rings. The van der Waals surface area contributed by atoms with Crippen molar-refractivity contribution in [1.82, 2.24) is 4.31 Å². The second kappa shape index (κ2) is 10.6. The van der Waals surface area contributed by atoms with E-state index >= 15 is 0 Å². The number of nitrogens with one attached hydrogen (secondary N) is 1. The van der Waals surface area contributed by atoms with Crippen LogP contribution in [-0.4, -0.2) is 31.7 Å². The summed E-state index contributed by atoms with van der Waals surface area (Å²) in [5.41, 5.74) is 3.89. The van der Waals surface area contributed by atoms with Crippen molar-refractivity contribution in [3.8, 4) is 0 Å². The van der Waals surface area contributed by atoms with E-state index in [1.807, 2.05) is 72.8 Å². The Bertz CT molecular complexity index is 1200. The number of sulfonamides is 1. The highest BCUT2D eigenvalue weighted by molar-refractivity contribution is 7.92. The van der Waals surface area contributed by atoms with E-state index in [0.717, 1.165) is 23.2 Å². The molecule has 5 nitrogen and oxygen atoms in total. The van der Waals surface area contributed by atoms with Crippen LogP contribution in [0.25, 0.3) is 6.08 Å². The van der Waals surface area contributed by atoms with Gasteiger partial charge in [0.1, 0.15) is 0 Å². The van der Waals surface area contributed by atoms with Gasteiger partial charge in [-0.1, -0.05) is 78.9 Å². The van der Waals surface area contributed by atoms with Gasteiger partial charge in [0.05, 0.1) is 0 Å². The Morgan fingerprint density at radius 2 is 1.48 bits per heavy atom. The molecule has 1 saturated heterocycles. The fourth-order valence-electron chi connectivity index (χ4n) is 4.03. The topological polar surface area (TPSA) is 66.5 Å². The first kappa shape index (κ1) is 23.0. The van der Waals surface area contributed by atoms with Crippen molar-refractivity contribution in [2.75, 3.05) is 18.4 Å². The van der Waals surface area contributed by atoms with Crippen LogP contribution in [0.4, 0.5) is 5.69 Å². The molecule has 4 rings (SSSR count). The molecule has 3 aromatic rings. The van der Waals surface area contributed by atoms with E-state index in [4.69, 9.17) is 0 Å². The molecule has 33 heavy (non-hydrogen) atoms. The summed E-state index contributed by atoms with van der Waals surface area (Å²) < 4.78 is 26.8. The highest BCUT2D eigenvalue weighted by Crippen LogP contribution is 2.24.